The molecular formula is C11H12O2. The lowest BCUT2D eigenvalue weighted by Crippen LogP contribution is -1.94. The molecule has 13 heavy (non-hydrogen) atoms. The summed E-state index contributed by atoms with van der Waals surface area (Å²) in [7, 11) is 0. The zero-order valence-electron chi connectivity index (χ0n) is 7.36. The van der Waals surface area contributed by atoms with E-state index in [1.807, 2.05) is 12.1 Å². The van der Waals surface area contributed by atoms with Gasteiger partial charge in [-0.1, -0.05) is 12.1 Å². The van der Waals surface area contributed by atoms with E-state index in [4.69, 9.17) is 5.11 Å². The Hall–Kier alpha value is -1.15. The molecule has 1 aromatic carbocycles. The third-order valence-electron chi connectivity index (χ3n) is 2.49. The predicted octanol–water partition coefficient (Wildman–Crippen LogP) is 1.87. The van der Waals surface area contributed by atoms with Crippen LogP contribution in [-0.4, -0.2) is 11.4 Å². The van der Waals surface area contributed by atoms with Gasteiger partial charge in [0.2, 0.25) is 0 Å². The SMILES string of the molecule is O=Cc1ccc(C2CC2)c(CO)c1. The fourth-order valence-electron chi connectivity index (χ4n) is 1.63. The molecule has 68 valence electrons. The van der Waals surface area contributed by atoms with Crippen LogP contribution in [0.5, 0.6) is 0 Å². The minimum Gasteiger partial charge on any atom is -0.392 e. The van der Waals surface area contributed by atoms with Gasteiger partial charge in [-0.3, -0.25) is 4.79 Å². The molecule has 1 N–H and O–H groups in total. The second-order valence-corrected chi connectivity index (χ2v) is 3.51. The van der Waals surface area contributed by atoms with Crippen molar-refractivity contribution in [1.29, 1.82) is 0 Å². The number of benzene rings is 1. The molecule has 0 bridgehead atoms. The fraction of sp³-hybridized carbons (Fsp3) is 0.364. The van der Waals surface area contributed by atoms with E-state index in [1.54, 1.807) is 6.07 Å². The van der Waals surface area contributed by atoms with Crippen LogP contribution in [0, 0.1) is 0 Å². The zero-order chi connectivity index (χ0) is 9.26. The van der Waals surface area contributed by atoms with Gasteiger partial charge in [-0.05, 0) is 36.0 Å². The van der Waals surface area contributed by atoms with Gasteiger partial charge >= 0.3 is 0 Å². The van der Waals surface area contributed by atoms with Crippen molar-refractivity contribution in [2.45, 2.75) is 25.4 Å². The van der Waals surface area contributed by atoms with Crippen LogP contribution in [0.3, 0.4) is 0 Å². The number of carbonyl (C=O) groups excluding carboxylic acids is 1. The number of hydrogen-bond acceptors (Lipinski definition) is 2. The molecule has 1 saturated carbocycles. The van der Waals surface area contributed by atoms with Gasteiger partial charge < -0.3 is 5.11 Å². The Morgan fingerprint density at radius 2 is 2.23 bits per heavy atom. The fourth-order valence-corrected chi connectivity index (χ4v) is 1.63. The van der Waals surface area contributed by atoms with Gasteiger partial charge in [-0.25, -0.2) is 0 Å². The highest BCUT2D eigenvalue weighted by atomic mass is 16.3. The van der Waals surface area contributed by atoms with E-state index in [0.717, 1.165) is 11.8 Å². The van der Waals surface area contributed by atoms with E-state index >= 15 is 0 Å². The first-order valence-corrected chi connectivity index (χ1v) is 4.54. The third-order valence-corrected chi connectivity index (χ3v) is 2.49. The number of aldehydes is 1. The summed E-state index contributed by atoms with van der Waals surface area (Å²) in [5, 5.41) is 9.10. The standard InChI is InChI=1S/C11H12O2/c12-6-8-1-4-11(9-2-3-9)10(5-8)7-13/h1,4-6,9,13H,2-3,7H2. The summed E-state index contributed by atoms with van der Waals surface area (Å²) < 4.78 is 0. The maximum absolute atomic E-state index is 10.5. The first-order chi connectivity index (χ1) is 6.35. The van der Waals surface area contributed by atoms with E-state index in [9.17, 15) is 4.79 Å². The summed E-state index contributed by atoms with van der Waals surface area (Å²) >= 11 is 0. The Labute approximate surface area is 77.2 Å². The first kappa shape index (κ1) is 8.45. The molecule has 0 unspecified atom stereocenters. The molecular weight excluding hydrogens is 164 g/mol. The lowest BCUT2D eigenvalue weighted by molar-refractivity contribution is 0.112. The normalized spacial score (nSPS) is 15.8. The lowest BCUT2D eigenvalue weighted by Gasteiger charge is -2.05. The average molecular weight is 176 g/mol. The van der Waals surface area contributed by atoms with E-state index in [0.29, 0.717) is 11.5 Å². The quantitative estimate of drug-likeness (QED) is 0.714. The molecule has 0 aliphatic heterocycles. The van der Waals surface area contributed by atoms with Crippen molar-refractivity contribution in [3.8, 4) is 0 Å². The molecule has 0 saturated heterocycles. The summed E-state index contributed by atoms with van der Waals surface area (Å²) in [5.74, 6) is 0.628. The second-order valence-electron chi connectivity index (χ2n) is 3.51. The first-order valence-electron chi connectivity index (χ1n) is 4.54. The maximum atomic E-state index is 10.5. The number of carbonyl (C=O) groups is 1. The highest BCUT2D eigenvalue weighted by Crippen LogP contribution is 2.41. The molecule has 1 aromatic rings. The summed E-state index contributed by atoms with van der Waals surface area (Å²) in [6, 6.07) is 5.56. The predicted molar refractivity (Wildman–Crippen MR) is 49.7 cm³/mol. The topological polar surface area (TPSA) is 37.3 Å². The van der Waals surface area contributed by atoms with E-state index in [2.05, 4.69) is 0 Å². The highest BCUT2D eigenvalue weighted by molar-refractivity contribution is 5.75. The van der Waals surface area contributed by atoms with Gasteiger partial charge in [0.05, 0.1) is 6.61 Å². The van der Waals surface area contributed by atoms with Crippen LogP contribution >= 0.6 is 0 Å². The van der Waals surface area contributed by atoms with Gasteiger partial charge in [0.1, 0.15) is 6.29 Å². The smallest absolute Gasteiger partial charge is 0.150 e. The molecule has 0 atom stereocenters. The Morgan fingerprint density at radius 3 is 2.77 bits per heavy atom. The lowest BCUT2D eigenvalue weighted by atomic mass is 10.0. The molecule has 0 aromatic heterocycles. The molecule has 1 fully saturated rings. The van der Waals surface area contributed by atoms with Crippen molar-refractivity contribution in [1.82, 2.24) is 0 Å². The van der Waals surface area contributed by atoms with Gasteiger partial charge in [-0.2, -0.15) is 0 Å². The molecule has 2 nitrogen and oxygen atoms in total. The van der Waals surface area contributed by atoms with Gasteiger partial charge in [0.15, 0.2) is 0 Å². The van der Waals surface area contributed by atoms with Crippen molar-refractivity contribution in [2.75, 3.05) is 0 Å². The Balaban J connectivity index is 2.38. The van der Waals surface area contributed by atoms with Crippen molar-refractivity contribution in [3.05, 3.63) is 34.9 Å². The molecule has 0 spiro atoms. The Bertz CT molecular complexity index is 327. The number of rotatable bonds is 3. The van der Waals surface area contributed by atoms with Crippen molar-refractivity contribution in [3.63, 3.8) is 0 Å². The van der Waals surface area contributed by atoms with Crippen LogP contribution in [0.15, 0.2) is 18.2 Å². The van der Waals surface area contributed by atoms with Crippen LogP contribution in [-0.2, 0) is 6.61 Å². The molecule has 0 heterocycles. The summed E-state index contributed by atoms with van der Waals surface area (Å²) in [5.41, 5.74) is 2.77. The summed E-state index contributed by atoms with van der Waals surface area (Å²) in [6.45, 7) is 0.0352. The zero-order valence-corrected chi connectivity index (χ0v) is 7.36. The van der Waals surface area contributed by atoms with Crippen LogP contribution in [0.1, 0.15) is 40.2 Å². The van der Waals surface area contributed by atoms with Gasteiger partial charge in [0, 0.05) is 5.56 Å². The minimum atomic E-state index is 0.0352. The van der Waals surface area contributed by atoms with E-state index in [-0.39, 0.29) is 6.61 Å². The third kappa shape index (κ3) is 1.63. The Morgan fingerprint density at radius 1 is 1.46 bits per heavy atom. The van der Waals surface area contributed by atoms with Crippen LogP contribution in [0.25, 0.3) is 0 Å². The molecule has 0 amide bonds. The van der Waals surface area contributed by atoms with Crippen LogP contribution in [0.2, 0.25) is 0 Å². The number of hydrogen-bond donors (Lipinski definition) is 1. The van der Waals surface area contributed by atoms with E-state index in [1.165, 1.54) is 18.4 Å². The van der Waals surface area contributed by atoms with Crippen molar-refractivity contribution >= 4 is 6.29 Å². The van der Waals surface area contributed by atoms with Crippen molar-refractivity contribution < 1.29 is 9.90 Å². The van der Waals surface area contributed by atoms with E-state index < -0.39 is 0 Å². The molecule has 1 aliphatic rings. The maximum Gasteiger partial charge on any atom is 0.150 e. The average Bonchev–Trinajstić information content (AvgIpc) is 3.00. The Kier molecular flexibility index (Phi) is 2.15. The van der Waals surface area contributed by atoms with Crippen LogP contribution in [0.4, 0.5) is 0 Å². The number of aliphatic hydroxyl groups excluding tert-OH is 1. The summed E-state index contributed by atoms with van der Waals surface area (Å²) in [6.07, 6.45) is 3.25. The largest absolute Gasteiger partial charge is 0.392 e. The van der Waals surface area contributed by atoms with Crippen LogP contribution < -0.4 is 0 Å². The molecule has 2 heteroatoms. The van der Waals surface area contributed by atoms with Gasteiger partial charge in [0.25, 0.3) is 0 Å². The molecule has 2 rings (SSSR count). The van der Waals surface area contributed by atoms with Crippen molar-refractivity contribution in [2.24, 2.45) is 0 Å². The molecule has 0 radical (unpaired) electrons. The molecule has 1 aliphatic carbocycles. The second kappa shape index (κ2) is 3.30. The summed E-state index contributed by atoms with van der Waals surface area (Å²) in [4.78, 5) is 10.5. The monoisotopic (exact) mass is 176 g/mol. The minimum absolute atomic E-state index is 0.0352. The van der Waals surface area contributed by atoms with Gasteiger partial charge in [-0.15, -0.1) is 0 Å². The number of aliphatic hydroxyl groups is 1. The highest BCUT2D eigenvalue weighted by Gasteiger charge is 2.25.